The van der Waals surface area contributed by atoms with Gasteiger partial charge in [-0.3, -0.25) is 15.1 Å². The highest BCUT2D eigenvalue weighted by molar-refractivity contribution is 7.13. The first-order chi connectivity index (χ1) is 11.1. The molecule has 0 aliphatic heterocycles. The van der Waals surface area contributed by atoms with Crippen LogP contribution in [-0.2, 0) is 0 Å². The Hall–Kier alpha value is -2.80. The number of nitrogens with zero attached hydrogens (tertiary/aromatic N) is 3. The standard InChI is InChI=1S/C16H13FN4OS/c1-21(13-3-2-4-18-10-13)14-8-11(7-12(17)9-14)15(22)20-16-19-5-6-23-16/h2-10H,1H3,(H,19,20,22). The largest absolute Gasteiger partial charge is 0.343 e. The first kappa shape index (κ1) is 15.1. The average molecular weight is 328 g/mol. The highest BCUT2D eigenvalue weighted by atomic mass is 32.1. The number of amides is 1. The predicted molar refractivity (Wildman–Crippen MR) is 88.8 cm³/mol. The van der Waals surface area contributed by atoms with Gasteiger partial charge in [-0.1, -0.05) is 0 Å². The lowest BCUT2D eigenvalue weighted by molar-refractivity contribution is 0.102. The number of carbonyl (C=O) groups is 1. The van der Waals surface area contributed by atoms with Crippen molar-refractivity contribution in [2.24, 2.45) is 0 Å². The Bertz CT molecular complexity index is 808. The van der Waals surface area contributed by atoms with Crippen molar-refractivity contribution in [1.82, 2.24) is 9.97 Å². The monoisotopic (exact) mass is 328 g/mol. The molecule has 5 nitrogen and oxygen atoms in total. The molecule has 2 aromatic heterocycles. The van der Waals surface area contributed by atoms with Crippen LogP contribution in [0.25, 0.3) is 0 Å². The van der Waals surface area contributed by atoms with E-state index in [9.17, 15) is 9.18 Å². The fraction of sp³-hybridized carbons (Fsp3) is 0.0625. The summed E-state index contributed by atoms with van der Waals surface area (Å²) in [6.45, 7) is 0. The third-order valence-corrected chi connectivity index (χ3v) is 3.91. The van der Waals surface area contributed by atoms with E-state index in [0.717, 1.165) is 5.69 Å². The Morgan fingerprint density at radius 3 is 2.83 bits per heavy atom. The van der Waals surface area contributed by atoms with Crippen LogP contribution < -0.4 is 10.2 Å². The van der Waals surface area contributed by atoms with Gasteiger partial charge in [0, 0.05) is 36.1 Å². The minimum Gasteiger partial charge on any atom is -0.343 e. The van der Waals surface area contributed by atoms with Crippen molar-refractivity contribution in [1.29, 1.82) is 0 Å². The van der Waals surface area contributed by atoms with Gasteiger partial charge in [0.1, 0.15) is 5.82 Å². The topological polar surface area (TPSA) is 58.1 Å². The molecule has 0 radical (unpaired) electrons. The summed E-state index contributed by atoms with van der Waals surface area (Å²) >= 11 is 1.30. The number of hydrogen-bond donors (Lipinski definition) is 1. The number of pyridine rings is 1. The maximum Gasteiger partial charge on any atom is 0.257 e. The summed E-state index contributed by atoms with van der Waals surface area (Å²) in [5.74, 6) is -0.886. The first-order valence-corrected chi connectivity index (χ1v) is 7.66. The van der Waals surface area contributed by atoms with Crippen molar-refractivity contribution in [2.45, 2.75) is 0 Å². The van der Waals surface area contributed by atoms with Crippen LogP contribution in [0.4, 0.5) is 20.9 Å². The highest BCUT2D eigenvalue weighted by Gasteiger charge is 2.13. The van der Waals surface area contributed by atoms with E-state index >= 15 is 0 Å². The van der Waals surface area contributed by atoms with Crippen molar-refractivity contribution in [2.75, 3.05) is 17.3 Å². The van der Waals surface area contributed by atoms with Gasteiger partial charge in [-0.05, 0) is 30.3 Å². The molecule has 2 heterocycles. The van der Waals surface area contributed by atoms with Crippen LogP contribution in [-0.4, -0.2) is 22.9 Å². The van der Waals surface area contributed by atoms with Crippen LogP contribution in [0.5, 0.6) is 0 Å². The number of aromatic nitrogens is 2. The zero-order valence-electron chi connectivity index (χ0n) is 12.2. The van der Waals surface area contributed by atoms with E-state index in [4.69, 9.17) is 0 Å². The Balaban J connectivity index is 1.88. The number of anilines is 3. The zero-order chi connectivity index (χ0) is 16.2. The van der Waals surface area contributed by atoms with Gasteiger partial charge in [0.25, 0.3) is 5.91 Å². The molecule has 0 unspecified atom stereocenters. The number of hydrogen-bond acceptors (Lipinski definition) is 5. The molecular weight excluding hydrogens is 315 g/mol. The third-order valence-electron chi connectivity index (χ3n) is 3.22. The molecule has 0 aliphatic rings. The molecule has 3 aromatic rings. The van der Waals surface area contributed by atoms with E-state index in [1.54, 1.807) is 48.1 Å². The van der Waals surface area contributed by atoms with Gasteiger partial charge in [-0.15, -0.1) is 11.3 Å². The Labute approximate surface area is 136 Å². The molecule has 116 valence electrons. The maximum atomic E-state index is 13.9. The van der Waals surface area contributed by atoms with Gasteiger partial charge in [-0.25, -0.2) is 9.37 Å². The van der Waals surface area contributed by atoms with E-state index in [1.165, 1.54) is 23.5 Å². The van der Waals surface area contributed by atoms with Crippen molar-refractivity contribution >= 4 is 33.8 Å². The molecule has 3 rings (SSSR count). The molecule has 0 aliphatic carbocycles. The van der Waals surface area contributed by atoms with Crippen LogP contribution >= 0.6 is 11.3 Å². The molecular formula is C16H13FN4OS. The van der Waals surface area contributed by atoms with Gasteiger partial charge < -0.3 is 4.90 Å². The van der Waals surface area contributed by atoms with Crippen molar-refractivity contribution < 1.29 is 9.18 Å². The van der Waals surface area contributed by atoms with Gasteiger partial charge in [0.15, 0.2) is 5.13 Å². The molecule has 0 saturated heterocycles. The van der Waals surface area contributed by atoms with E-state index in [2.05, 4.69) is 15.3 Å². The summed E-state index contributed by atoms with van der Waals surface area (Å²) in [6.07, 6.45) is 4.92. The fourth-order valence-corrected chi connectivity index (χ4v) is 2.58. The second kappa shape index (κ2) is 6.53. The number of halogens is 1. The molecule has 1 aromatic carbocycles. The van der Waals surface area contributed by atoms with Gasteiger partial charge in [0.2, 0.25) is 0 Å². The summed E-state index contributed by atoms with van der Waals surface area (Å²) in [5, 5.41) is 4.87. The number of rotatable bonds is 4. The summed E-state index contributed by atoms with van der Waals surface area (Å²) in [7, 11) is 1.79. The quantitative estimate of drug-likeness (QED) is 0.793. The summed E-state index contributed by atoms with van der Waals surface area (Å²) in [5.41, 5.74) is 1.58. The Morgan fingerprint density at radius 2 is 2.13 bits per heavy atom. The number of thiazole rings is 1. The number of carbonyl (C=O) groups excluding carboxylic acids is 1. The lowest BCUT2D eigenvalue weighted by Gasteiger charge is -2.19. The van der Waals surface area contributed by atoms with Crippen LogP contribution in [0.2, 0.25) is 0 Å². The second-order valence-electron chi connectivity index (χ2n) is 4.76. The third kappa shape index (κ3) is 3.51. The van der Waals surface area contributed by atoms with Crippen molar-refractivity contribution in [3.05, 3.63) is 65.7 Å². The lowest BCUT2D eigenvalue weighted by Crippen LogP contribution is -2.15. The van der Waals surface area contributed by atoms with Crippen LogP contribution in [0, 0.1) is 5.82 Å². The Kier molecular flexibility index (Phi) is 4.29. The summed E-state index contributed by atoms with van der Waals surface area (Å²) in [6, 6.07) is 7.84. The summed E-state index contributed by atoms with van der Waals surface area (Å²) in [4.78, 5) is 22.0. The number of benzene rings is 1. The first-order valence-electron chi connectivity index (χ1n) is 6.78. The van der Waals surface area contributed by atoms with E-state index in [0.29, 0.717) is 10.8 Å². The van der Waals surface area contributed by atoms with Crippen molar-refractivity contribution in [3.63, 3.8) is 0 Å². The minimum atomic E-state index is -0.484. The van der Waals surface area contributed by atoms with E-state index < -0.39 is 11.7 Å². The fourth-order valence-electron chi connectivity index (χ4n) is 2.05. The number of nitrogens with one attached hydrogen (secondary N) is 1. The smallest absolute Gasteiger partial charge is 0.257 e. The van der Waals surface area contributed by atoms with Gasteiger partial charge in [-0.2, -0.15) is 0 Å². The molecule has 1 N–H and O–H groups in total. The zero-order valence-corrected chi connectivity index (χ0v) is 13.0. The molecule has 7 heteroatoms. The predicted octanol–water partition coefficient (Wildman–Crippen LogP) is 3.70. The molecule has 0 bridgehead atoms. The SMILES string of the molecule is CN(c1cccnc1)c1cc(F)cc(C(=O)Nc2nccs2)c1. The Morgan fingerprint density at radius 1 is 1.26 bits per heavy atom. The lowest BCUT2D eigenvalue weighted by atomic mass is 10.1. The minimum absolute atomic E-state index is 0.228. The van der Waals surface area contributed by atoms with Gasteiger partial charge >= 0.3 is 0 Å². The highest BCUT2D eigenvalue weighted by Crippen LogP contribution is 2.25. The normalized spacial score (nSPS) is 10.3. The second-order valence-corrected chi connectivity index (χ2v) is 5.65. The van der Waals surface area contributed by atoms with E-state index in [-0.39, 0.29) is 5.56 Å². The molecule has 0 saturated carbocycles. The summed E-state index contributed by atoms with van der Waals surface area (Å²) < 4.78 is 13.9. The van der Waals surface area contributed by atoms with Crippen molar-refractivity contribution in [3.8, 4) is 0 Å². The van der Waals surface area contributed by atoms with E-state index in [1.807, 2.05) is 6.07 Å². The van der Waals surface area contributed by atoms with Gasteiger partial charge in [0.05, 0.1) is 11.9 Å². The average Bonchev–Trinajstić information content (AvgIpc) is 3.07. The van der Waals surface area contributed by atoms with Crippen LogP contribution in [0.3, 0.4) is 0 Å². The maximum absolute atomic E-state index is 13.9. The molecule has 0 atom stereocenters. The molecule has 1 amide bonds. The molecule has 23 heavy (non-hydrogen) atoms. The molecule has 0 spiro atoms. The molecule has 0 fully saturated rings. The van der Waals surface area contributed by atoms with Crippen LogP contribution in [0.1, 0.15) is 10.4 Å². The van der Waals surface area contributed by atoms with Crippen LogP contribution in [0.15, 0.2) is 54.3 Å².